The molecule has 0 N–H and O–H groups in total. The van der Waals surface area contributed by atoms with Gasteiger partial charge in [-0.25, -0.2) is 0 Å². The van der Waals surface area contributed by atoms with Crippen LogP contribution in [0.15, 0.2) is 57.4 Å². The Morgan fingerprint density at radius 1 is 1.12 bits per heavy atom. The van der Waals surface area contributed by atoms with Gasteiger partial charge >= 0.3 is 5.97 Å². The Labute approximate surface area is 198 Å². The SMILES string of the molecule is COc1ccccc1C1CC(=O)C2=C(C1)N=C(C)C(C(=O)OC1CCCC1)C2c1ccsc1. The number of allylic oxidation sites excluding steroid dienone is 2. The number of hydrogen-bond donors (Lipinski definition) is 0. The first-order valence-electron chi connectivity index (χ1n) is 11.7. The van der Waals surface area contributed by atoms with Crippen LogP contribution in [0.25, 0.3) is 0 Å². The number of methoxy groups -OCH3 is 1. The van der Waals surface area contributed by atoms with Gasteiger partial charge in [0.25, 0.3) is 0 Å². The lowest BCUT2D eigenvalue weighted by Gasteiger charge is -2.36. The Morgan fingerprint density at radius 2 is 1.91 bits per heavy atom. The summed E-state index contributed by atoms with van der Waals surface area (Å²) in [5, 5.41) is 4.05. The van der Waals surface area contributed by atoms with E-state index in [0.717, 1.165) is 54.0 Å². The Morgan fingerprint density at radius 3 is 2.64 bits per heavy atom. The van der Waals surface area contributed by atoms with E-state index in [-0.39, 0.29) is 29.7 Å². The van der Waals surface area contributed by atoms with Crippen LogP contribution in [0.4, 0.5) is 0 Å². The fourth-order valence-electron chi connectivity index (χ4n) is 5.64. The number of ether oxygens (including phenoxy) is 2. The zero-order valence-electron chi connectivity index (χ0n) is 19.1. The predicted octanol–water partition coefficient (Wildman–Crippen LogP) is 5.82. The minimum absolute atomic E-state index is 0.00839. The average Bonchev–Trinajstić information content (AvgIpc) is 3.52. The van der Waals surface area contributed by atoms with E-state index in [2.05, 4.69) is 0 Å². The van der Waals surface area contributed by atoms with Gasteiger partial charge in [0.05, 0.1) is 7.11 Å². The maximum Gasteiger partial charge on any atom is 0.315 e. The maximum absolute atomic E-state index is 13.6. The second kappa shape index (κ2) is 9.26. The summed E-state index contributed by atoms with van der Waals surface area (Å²) in [6, 6.07) is 9.90. The molecule has 0 amide bonds. The van der Waals surface area contributed by atoms with Crippen molar-refractivity contribution in [1.82, 2.24) is 0 Å². The molecule has 2 aliphatic carbocycles. The van der Waals surface area contributed by atoms with Gasteiger partial charge in [-0.3, -0.25) is 14.6 Å². The summed E-state index contributed by atoms with van der Waals surface area (Å²) >= 11 is 1.58. The van der Waals surface area contributed by atoms with E-state index in [4.69, 9.17) is 14.5 Å². The van der Waals surface area contributed by atoms with E-state index in [0.29, 0.717) is 18.4 Å². The summed E-state index contributed by atoms with van der Waals surface area (Å²) < 4.78 is 11.5. The normalized spacial score (nSPS) is 25.6. The van der Waals surface area contributed by atoms with Gasteiger partial charge < -0.3 is 9.47 Å². The summed E-state index contributed by atoms with van der Waals surface area (Å²) in [6.45, 7) is 1.90. The van der Waals surface area contributed by atoms with Crippen LogP contribution in [0.5, 0.6) is 5.75 Å². The summed E-state index contributed by atoms with van der Waals surface area (Å²) in [5.41, 5.74) is 4.27. The van der Waals surface area contributed by atoms with E-state index >= 15 is 0 Å². The zero-order valence-corrected chi connectivity index (χ0v) is 19.9. The number of ketones is 1. The van der Waals surface area contributed by atoms with Crippen LogP contribution in [-0.4, -0.2) is 30.7 Å². The molecule has 0 radical (unpaired) electrons. The molecule has 2 aromatic rings. The number of benzene rings is 1. The highest BCUT2D eigenvalue weighted by molar-refractivity contribution is 7.08. The van der Waals surface area contributed by atoms with Gasteiger partial charge in [0, 0.05) is 35.2 Å². The Bertz CT molecular complexity index is 1110. The smallest absolute Gasteiger partial charge is 0.315 e. The first kappa shape index (κ1) is 22.1. The molecule has 6 heteroatoms. The monoisotopic (exact) mass is 463 g/mol. The van der Waals surface area contributed by atoms with E-state index in [1.807, 2.05) is 48.0 Å². The van der Waals surface area contributed by atoms with Crippen molar-refractivity contribution in [3.63, 3.8) is 0 Å². The van der Waals surface area contributed by atoms with Crippen molar-refractivity contribution < 1.29 is 19.1 Å². The molecule has 0 bridgehead atoms. The number of rotatable bonds is 5. The number of nitrogens with zero attached hydrogens (tertiary/aromatic N) is 1. The molecule has 33 heavy (non-hydrogen) atoms. The first-order valence-corrected chi connectivity index (χ1v) is 12.7. The van der Waals surface area contributed by atoms with Crippen LogP contribution >= 0.6 is 11.3 Å². The number of hydrogen-bond acceptors (Lipinski definition) is 6. The maximum atomic E-state index is 13.6. The summed E-state index contributed by atoms with van der Waals surface area (Å²) in [4.78, 5) is 31.9. The number of para-hydroxylation sites is 1. The fourth-order valence-corrected chi connectivity index (χ4v) is 6.34. The Balaban J connectivity index is 1.51. The van der Waals surface area contributed by atoms with Crippen LogP contribution < -0.4 is 4.74 Å². The van der Waals surface area contributed by atoms with Gasteiger partial charge in [0.15, 0.2) is 5.78 Å². The van der Waals surface area contributed by atoms with Crippen LogP contribution in [0.2, 0.25) is 0 Å². The van der Waals surface area contributed by atoms with Crippen LogP contribution in [0, 0.1) is 5.92 Å². The summed E-state index contributed by atoms with van der Waals surface area (Å²) in [5.74, 6) is -0.254. The molecule has 1 fully saturated rings. The number of thiophene rings is 1. The molecule has 1 aromatic heterocycles. The Hall–Kier alpha value is -2.73. The first-order chi connectivity index (χ1) is 16.1. The third-order valence-electron chi connectivity index (χ3n) is 7.21. The molecule has 5 rings (SSSR count). The van der Waals surface area contributed by atoms with Crippen molar-refractivity contribution in [2.45, 2.75) is 63.4 Å². The molecule has 1 saturated carbocycles. The second-order valence-corrected chi connectivity index (χ2v) is 10.0. The quantitative estimate of drug-likeness (QED) is 0.524. The summed E-state index contributed by atoms with van der Waals surface area (Å²) in [7, 11) is 1.66. The number of carbonyl (C=O) groups excluding carboxylic acids is 2. The summed E-state index contributed by atoms with van der Waals surface area (Å²) in [6.07, 6.45) is 5.07. The van der Waals surface area contributed by atoms with Crippen molar-refractivity contribution in [1.29, 1.82) is 0 Å². The minimum atomic E-state index is -0.550. The highest BCUT2D eigenvalue weighted by atomic mass is 32.1. The van der Waals surface area contributed by atoms with Crippen molar-refractivity contribution in [3.05, 3.63) is 63.5 Å². The lowest BCUT2D eigenvalue weighted by molar-refractivity contribution is -0.151. The standard InChI is InChI=1S/C27H29NO4S/c1-16-24(27(30)32-19-7-3-4-8-19)25(17-11-12-33-15-17)26-21(28-16)13-18(14-22(26)29)20-9-5-6-10-23(20)31-2/h5-6,9-12,15,18-19,24-25H,3-4,7-8,13-14H2,1-2H3. The highest BCUT2D eigenvalue weighted by Gasteiger charge is 2.45. The second-order valence-electron chi connectivity index (χ2n) is 9.24. The van der Waals surface area contributed by atoms with E-state index in [1.54, 1.807) is 18.4 Å². The van der Waals surface area contributed by atoms with Crippen LogP contribution in [0.3, 0.4) is 0 Å². The Kier molecular flexibility index (Phi) is 6.19. The van der Waals surface area contributed by atoms with Crippen molar-refractivity contribution in [3.8, 4) is 5.75 Å². The zero-order chi connectivity index (χ0) is 22.9. The molecule has 172 valence electrons. The van der Waals surface area contributed by atoms with Crippen molar-refractivity contribution >= 4 is 28.8 Å². The number of aliphatic imine (C=N–C) groups is 1. The largest absolute Gasteiger partial charge is 0.496 e. The molecule has 3 atom stereocenters. The molecule has 0 spiro atoms. The lowest BCUT2D eigenvalue weighted by atomic mass is 9.69. The highest BCUT2D eigenvalue weighted by Crippen LogP contribution is 2.48. The van der Waals surface area contributed by atoms with Gasteiger partial charge in [0.1, 0.15) is 17.8 Å². The van der Waals surface area contributed by atoms with Crippen molar-refractivity contribution in [2.24, 2.45) is 10.9 Å². The third kappa shape index (κ3) is 4.17. The van der Waals surface area contributed by atoms with E-state index in [9.17, 15) is 9.59 Å². The van der Waals surface area contributed by atoms with Gasteiger partial charge in [-0.05, 0) is 73.0 Å². The minimum Gasteiger partial charge on any atom is -0.496 e. The average molecular weight is 464 g/mol. The molecule has 3 unspecified atom stereocenters. The molecular weight excluding hydrogens is 434 g/mol. The lowest BCUT2D eigenvalue weighted by Crippen LogP contribution is -2.39. The topological polar surface area (TPSA) is 65.0 Å². The van der Waals surface area contributed by atoms with Gasteiger partial charge in [-0.2, -0.15) is 11.3 Å². The molecule has 1 aromatic carbocycles. The van der Waals surface area contributed by atoms with Crippen molar-refractivity contribution in [2.75, 3.05) is 7.11 Å². The molecule has 3 aliphatic rings. The molecule has 2 heterocycles. The molecular formula is C27H29NO4S. The third-order valence-corrected chi connectivity index (χ3v) is 7.91. The molecule has 0 saturated heterocycles. The number of carbonyl (C=O) groups is 2. The van der Waals surface area contributed by atoms with Crippen LogP contribution in [-0.2, 0) is 14.3 Å². The van der Waals surface area contributed by atoms with Gasteiger partial charge in [0.2, 0.25) is 0 Å². The van der Waals surface area contributed by atoms with Crippen LogP contribution in [0.1, 0.15) is 68.4 Å². The van der Waals surface area contributed by atoms with E-state index in [1.165, 1.54) is 0 Å². The molecule has 1 aliphatic heterocycles. The molecule has 5 nitrogen and oxygen atoms in total. The number of esters is 1. The fraction of sp³-hybridized carbons (Fsp3) is 0.444. The van der Waals surface area contributed by atoms with Gasteiger partial charge in [-0.15, -0.1) is 0 Å². The van der Waals surface area contributed by atoms with Gasteiger partial charge in [-0.1, -0.05) is 18.2 Å². The predicted molar refractivity (Wildman–Crippen MR) is 129 cm³/mol. The van der Waals surface area contributed by atoms with E-state index < -0.39 is 5.92 Å². The number of Topliss-reactive ketones (excluding diaryl/α,β-unsaturated/α-hetero) is 1.